The van der Waals surface area contributed by atoms with Gasteiger partial charge in [0.05, 0.1) is 7.11 Å². The average Bonchev–Trinajstić information content (AvgIpc) is 2.76. The van der Waals surface area contributed by atoms with E-state index in [1.807, 2.05) is 0 Å². The molecule has 0 radical (unpaired) electrons. The number of rotatable bonds is 3. The molecule has 0 saturated carbocycles. The van der Waals surface area contributed by atoms with E-state index in [0.29, 0.717) is 6.42 Å². The Morgan fingerprint density at radius 2 is 1.91 bits per heavy atom. The Morgan fingerprint density at radius 3 is 2.41 bits per heavy atom. The van der Waals surface area contributed by atoms with Crippen LogP contribution in [0.5, 0.6) is 0 Å². The Bertz CT molecular complexity index is 446. The lowest BCUT2D eigenvalue weighted by atomic mass is 10.2. The van der Waals surface area contributed by atoms with Crippen molar-refractivity contribution in [3.63, 3.8) is 0 Å². The average molecular weight is 315 g/mol. The molecule has 8 heteroatoms. The van der Waals surface area contributed by atoms with Crippen LogP contribution < -0.4 is 11.1 Å². The number of carbonyl (C=O) groups excluding carboxylic acids is 3. The third kappa shape index (κ3) is 4.87. The van der Waals surface area contributed by atoms with E-state index in [2.05, 4.69) is 10.1 Å². The number of hydrogen-bond donors (Lipinski definition) is 2. The van der Waals surface area contributed by atoms with E-state index in [9.17, 15) is 14.4 Å². The predicted molar refractivity (Wildman–Crippen MR) is 78.9 cm³/mol. The van der Waals surface area contributed by atoms with Crippen LogP contribution in [-0.4, -0.2) is 60.3 Å². The summed E-state index contributed by atoms with van der Waals surface area (Å²) in [6.07, 6.45) is -0.344. The summed E-state index contributed by atoms with van der Waals surface area (Å²) in [6, 6.07) is -1.83. The fraction of sp³-hybridized carbons (Fsp3) is 0.786. The summed E-state index contributed by atoms with van der Waals surface area (Å²) < 4.78 is 9.79. The Hall–Kier alpha value is -1.83. The summed E-state index contributed by atoms with van der Waals surface area (Å²) in [4.78, 5) is 37.2. The van der Waals surface area contributed by atoms with Crippen molar-refractivity contribution < 1.29 is 23.9 Å². The van der Waals surface area contributed by atoms with Crippen molar-refractivity contribution >= 4 is 18.0 Å². The molecule has 1 saturated heterocycles. The molecule has 22 heavy (non-hydrogen) atoms. The first-order valence-electron chi connectivity index (χ1n) is 7.18. The molecular weight excluding hydrogens is 290 g/mol. The standard InChI is InChI=1S/C14H25N3O5/c1-8(16-13(20)22-14(2,3)4)11(18)17-7-9(15)6-10(17)12(19)21-5/h8-10H,6-7,15H2,1-5H3,(H,16,20)/t8-,9-,10-/m0/s1. The van der Waals surface area contributed by atoms with Crippen LogP contribution in [0.1, 0.15) is 34.1 Å². The van der Waals surface area contributed by atoms with Crippen LogP contribution in [0, 0.1) is 0 Å². The van der Waals surface area contributed by atoms with Gasteiger partial charge < -0.3 is 25.4 Å². The third-order valence-electron chi connectivity index (χ3n) is 3.19. The van der Waals surface area contributed by atoms with Crippen molar-refractivity contribution in [1.82, 2.24) is 10.2 Å². The number of nitrogens with zero attached hydrogens (tertiary/aromatic N) is 1. The number of methoxy groups -OCH3 is 1. The van der Waals surface area contributed by atoms with E-state index < -0.39 is 35.7 Å². The summed E-state index contributed by atoms with van der Waals surface area (Å²) in [7, 11) is 1.26. The van der Waals surface area contributed by atoms with Crippen LogP contribution in [-0.2, 0) is 19.1 Å². The third-order valence-corrected chi connectivity index (χ3v) is 3.19. The number of nitrogens with two attached hydrogens (primary N) is 1. The Morgan fingerprint density at radius 1 is 1.32 bits per heavy atom. The fourth-order valence-electron chi connectivity index (χ4n) is 2.27. The second-order valence-electron chi connectivity index (χ2n) is 6.39. The van der Waals surface area contributed by atoms with E-state index in [-0.39, 0.29) is 12.6 Å². The Labute approximate surface area is 130 Å². The summed E-state index contributed by atoms with van der Waals surface area (Å²) in [5, 5.41) is 2.46. The lowest BCUT2D eigenvalue weighted by Gasteiger charge is -2.27. The van der Waals surface area contributed by atoms with Gasteiger partial charge in [0.2, 0.25) is 5.91 Å². The molecule has 0 aromatic rings. The lowest BCUT2D eigenvalue weighted by molar-refractivity contribution is -0.151. The van der Waals surface area contributed by atoms with Gasteiger partial charge in [-0.05, 0) is 34.1 Å². The lowest BCUT2D eigenvalue weighted by Crippen LogP contribution is -2.51. The highest BCUT2D eigenvalue weighted by molar-refractivity contribution is 5.90. The number of amides is 2. The molecule has 1 fully saturated rings. The normalized spacial score (nSPS) is 22.9. The molecule has 1 aliphatic rings. The maximum absolute atomic E-state index is 12.4. The molecule has 1 rings (SSSR count). The minimum Gasteiger partial charge on any atom is -0.467 e. The number of nitrogens with one attached hydrogen (secondary N) is 1. The molecule has 2 amide bonds. The van der Waals surface area contributed by atoms with Crippen molar-refractivity contribution in [1.29, 1.82) is 0 Å². The zero-order valence-corrected chi connectivity index (χ0v) is 13.7. The summed E-state index contributed by atoms with van der Waals surface area (Å²) in [5.74, 6) is -0.903. The van der Waals surface area contributed by atoms with Gasteiger partial charge in [-0.1, -0.05) is 0 Å². The van der Waals surface area contributed by atoms with Crippen molar-refractivity contribution in [2.24, 2.45) is 5.73 Å². The van der Waals surface area contributed by atoms with E-state index in [4.69, 9.17) is 10.5 Å². The van der Waals surface area contributed by atoms with Crippen molar-refractivity contribution in [3.05, 3.63) is 0 Å². The van der Waals surface area contributed by atoms with Gasteiger partial charge >= 0.3 is 12.1 Å². The second kappa shape index (κ2) is 6.95. The topological polar surface area (TPSA) is 111 Å². The molecule has 8 nitrogen and oxygen atoms in total. The van der Waals surface area contributed by atoms with Crippen LogP contribution >= 0.6 is 0 Å². The second-order valence-corrected chi connectivity index (χ2v) is 6.39. The van der Waals surface area contributed by atoms with Crippen LogP contribution in [0.4, 0.5) is 4.79 Å². The van der Waals surface area contributed by atoms with Crippen LogP contribution in [0.3, 0.4) is 0 Å². The van der Waals surface area contributed by atoms with Gasteiger partial charge in [-0.3, -0.25) is 4.79 Å². The zero-order chi connectivity index (χ0) is 17.1. The minimum absolute atomic E-state index is 0.249. The molecule has 3 atom stereocenters. The van der Waals surface area contributed by atoms with E-state index in [1.165, 1.54) is 18.9 Å². The number of ether oxygens (including phenoxy) is 2. The quantitative estimate of drug-likeness (QED) is 0.709. The van der Waals surface area contributed by atoms with Crippen LogP contribution in [0.15, 0.2) is 0 Å². The minimum atomic E-state index is -0.827. The number of esters is 1. The summed E-state index contributed by atoms with van der Waals surface area (Å²) in [6.45, 7) is 6.97. The smallest absolute Gasteiger partial charge is 0.408 e. The molecule has 1 heterocycles. The van der Waals surface area contributed by atoms with Gasteiger partial charge in [0.15, 0.2) is 0 Å². The molecule has 0 aliphatic carbocycles. The maximum Gasteiger partial charge on any atom is 0.408 e. The SMILES string of the molecule is COC(=O)[C@@H]1C[C@H](N)CN1C(=O)[C@H](C)NC(=O)OC(C)(C)C. The van der Waals surface area contributed by atoms with Crippen LogP contribution in [0.2, 0.25) is 0 Å². The zero-order valence-electron chi connectivity index (χ0n) is 13.7. The first-order valence-corrected chi connectivity index (χ1v) is 7.18. The molecule has 0 aromatic carbocycles. The molecule has 0 aromatic heterocycles. The van der Waals surface area contributed by atoms with Gasteiger partial charge in [0, 0.05) is 12.6 Å². The van der Waals surface area contributed by atoms with Gasteiger partial charge in [-0.25, -0.2) is 9.59 Å². The molecule has 3 N–H and O–H groups in total. The number of carbonyl (C=O) groups is 3. The highest BCUT2D eigenvalue weighted by Crippen LogP contribution is 2.19. The molecule has 1 aliphatic heterocycles. The fourth-order valence-corrected chi connectivity index (χ4v) is 2.27. The maximum atomic E-state index is 12.4. The molecule has 0 bridgehead atoms. The molecule has 0 spiro atoms. The monoisotopic (exact) mass is 315 g/mol. The first kappa shape index (κ1) is 18.2. The van der Waals surface area contributed by atoms with E-state index in [0.717, 1.165) is 0 Å². The number of alkyl carbamates (subject to hydrolysis) is 1. The highest BCUT2D eigenvalue weighted by Gasteiger charge is 2.40. The van der Waals surface area contributed by atoms with Gasteiger partial charge in [-0.2, -0.15) is 0 Å². The number of likely N-dealkylation sites (tertiary alicyclic amines) is 1. The predicted octanol–water partition coefficient (Wildman–Crippen LogP) is 0.000800. The van der Waals surface area contributed by atoms with Gasteiger partial charge in [-0.15, -0.1) is 0 Å². The Kier molecular flexibility index (Phi) is 5.76. The van der Waals surface area contributed by atoms with E-state index >= 15 is 0 Å². The van der Waals surface area contributed by atoms with Gasteiger partial charge in [0.1, 0.15) is 17.7 Å². The Balaban J connectivity index is 2.69. The van der Waals surface area contributed by atoms with E-state index in [1.54, 1.807) is 20.8 Å². The highest BCUT2D eigenvalue weighted by atomic mass is 16.6. The molecular formula is C14H25N3O5. The molecule has 126 valence electrons. The van der Waals surface area contributed by atoms with Crippen LogP contribution in [0.25, 0.3) is 0 Å². The van der Waals surface area contributed by atoms with Crippen molar-refractivity contribution in [2.75, 3.05) is 13.7 Å². The van der Waals surface area contributed by atoms with Gasteiger partial charge in [0.25, 0.3) is 0 Å². The largest absolute Gasteiger partial charge is 0.467 e. The number of hydrogen-bond acceptors (Lipinski definition) is 6. The molecule has 0 unspecified atom stereocenters. The summed E-state index contributed by atoms with van der Waals surface area (Å²) >= 11 is 0. The first-order chi connectivity index (χ1) is 10.0. The summed E-state index contributed by atoms with van der Waals surface area (Å²) in [5.41, 5.74) is 5.16. The van der Waals surface area contributed by atoms with Crippen molar-refractivity contribution in [3.8, 4) is 0 Å². The van der Waals surface area contributed by atoms with Crippen molar-refractivity contribution in [2.45, 2.75) is 57.8 Å².